The highest BCUT2D eigenvalue weighted by atomic mass is 127. The van der Waals surface area contributed by atoms with Crippen molar-refractivity contribution in [2.45, 2.75) is 127 Å². The molecule has 1 unspecified atom stereocenters. The van der Waals surface area contributed by atoms with E-state index in [1.807, 2.05) is 7.05 Å². The summed E-state index contributed by atoms with van der Waals surface area (Å²) in [7, 11) is 3.72. The summed E-state index contributed by atoms with van der Waals surface area (Å²) in [6, 6.07) is 9.86. The second kappa shape index (κ2) is 15.9. The number of fused-ring (bicyclic) bond motifs is 6. The Morgan fingerprint density at radius 1 is 0.985 bits per heavy atom. The Hall–Kier alpha value is -3.70. The molecule has 1 spiro atoms. The van der Waals surface area contributed by atoms with E-state index in [2.05, 4.69) is 139 Å². The molecule has 2 bridgehead atoms. The number of carbonyl (C=O) groups excluding carboxylic acids is 3. The first kappa shape index (κ1) is 46.4. The first-order valence-electron chi connectivity index (χ1n) is 23.4. The molecule has 6 heterocycles. The van der Waals surface area contributed by atoms with Gasteiger partial charge in [-0.05, 0) is 114 Å². The lowest BCUT2D eigenvalue weighted by Gasteiger charge is -2.66. The molecule has 12 nitrogen and oxygen atoms in total. The Bertz CT molecular complexity index is 2530. The average molecular weight is 1020 g/mol. The third kappa shape index (κ3) is 6.37. The number of methoxy groups -OCH3 is 3. The van der Waals surface area contributed by atoms with Crippen LogP contribution in [0.15, 0.2) is 54.1 Å². The normalized spacial score (nSPS) is 32.7. The van der Waals surface area contributed by atoms with Crippen LogP contribution in [0.5, 0.6) is 5.75 Å². The highest BCUT2D eigenvalue weighted by Crippen LogP contribution is 2.69. The van der Waals surface area contributed by atoms with Gasteiger partial charge in [0.05, 0.1) is 27.4 Å². The number of nitrogens with zero attached hydrogens (tertiary/aromatic N) is 3. The average Bonchev–Trinajstić information content (AvgIpc) is 3.91. The number of halogens is 1. The van der Waals surface area contributed by atoms with Crippen LogP contribution in [0.4, 0.5) is 5.69 Å². The standard InChI is InChI=1S/C51H67IN4O8Si/c1-13-31-22-32-26-50(45(58)61-9,41-35(29-55(27-31)28-32)34-23-33(52)16-17-38(34)53-41)37-24-36-39(25-40(37)60-8)54(7)43-49(36)19-21-56-20-15-18-48(14-2,42(49)56)44(63-30(3)57)51(43,46(59)62-10)64-65(11,12)47(4,5)6/h15-18,22-25,32,42-44,53H,13-14,19-21,26-29H2,1-12H3/t32-,42+,43-,44-,48-,49-,50+,51+/m1/s1. The van der Waals surface area contributed by atoms with E-state index >= 15 is 9.59 Å². The molecule has 2 aromatic carbocycles. The number of rotatable bonds is 9. The number of anilines is 1. The Labute approximate surface area is 399 Å². The Balaban J connectivity index is 1.40. The summed E-state index contributed by atoms with van der Waals surface area (Å²) in [6.07, 6.45) is 8.37. The van der Waals surface area contributed by atoms with Gasteiger partial charge in [0.1, 0.15) is 11.2 Å². The van der Waals surface area contributed by atoms with E-state index in [-0.39, 0.29) is 23.0 Å². The molecule has 14 heteroatoms. The number of aromatic amines is 1. The molecule has 0 amide bonds. The van der Waals surface area contributed by atoms with Crippen LogP contribution in [0.25, 0.3) is 10.9 Å². The Kier molecular flexibility index (Phi) is 11.4. The topological polar surface area (TPSA) is 123 Å². The first-order chi connectivity index (χ1) is 30.7. The predicted octanol–water partition coefficient (Wildman–Crippen LogP) is 8.39. The van der Waals surface area contributed by atoms with Gasteiger partial charge in [0.15, 0.2) is 14.4 Å². The number of H-pyrrole nitrogens is 1. The van der Waals surface area contributed by atoms with Crippen molar-refractivity contribution in [1.29, 1.82) is 0 Å². The zero-order valence-corrected chi connectivity index (χ0v) is 43.4. The number of ether oxygens (including phenoxy) is 4. The quantitative estimate of drug-likeness (QED) is 0.0732. The minimum absolute atomic E-state index is 0.0337. The van der Waals surface area contributed by atoms with Crippen molar-refractivity contribution in [3.63, 3.8) is 0 Å². The minimum atomic E-state index is -2.90. The second-order valence-corrected chi connectivity index (χ2v) is 27.1. The maximum absolute atomic E-state index is 15.5. The largest absolute Gasteiger partial charge is 0.496 e. The summed E-state index contributed by atoms with van der Waals surface area (Å²) in [5.74, 6) is -0.815. The van der Waals surface area contributed by atoms with Gasteiger partial charge in [0.2, 0.25) is 5.60 Å². The van der Waals surface area contributed by atoms with Crippen LogP contribution >= 0.6 is 22.6 Å². The monoisotopic (exact) mass is 1020 g/mol. The van der Waals surface area contributed by atoms with Crippen molar-refractivity contribution in [3.8, 4) is 5.75 Å². The van der Waals surface area contributed by atoms with E-state index in [1.54, 1.807) is 7.11 Å². The van der Waals surface area contributed by atoms with E-state index in [9.17, 15) is 4.79 Å². The summed E-state index contributed by atoms with van der Waals surface area (Å²) in [5, 5.41) is 0.761. The molecule has 350 valence electrons. The van der Waals surface area contributed by atoms with Crippen LogP contribution in [0.1, 0.15) is 89.6 Å². The molecule has 1 saturated heterocycles. The van der Waals surface area contributed by atoms with Crippen LogP contribution < -0.4 is 9.64 Å². The molecular formula is C51H67IN4O8Si. The summed E-state index contributed by atoms with van der Waals surface area (Å²) < 4.78 is 34.1. The fourth-order valence-electron chi connectivity index (χ4n) is 13.6. The molecule has 9 rings (SSSR count). The SMILES string of the molecule is CCC1=C[C@H]2CN(C1)Cc1c([nH]c3ccc(I)cc13)[C@@](C(=O)OC)(c1cc3c(cc1OC)N(C)[C@H]1[C@@](O[Si](C)(C)C(C)(C)C)(C(=O)OC)[C@H](OC(C)=O)[C@]4(CC)C=CCN5CC[C@]31[C@@H]54)C2. The fraction of sp³-hybridized carbons (Fsp3) is 0.588. The van der Waals surface area contributed by atoms with Crippen molar-refractivity contribution >= 4 is 65.4 Å². The number of benzene rings is 2. The van der Waals surface area contributed by atoms with Crippen molar-refractivity contribution in [2.24, 2.45) is 11.3 Å². The third-order valence-corrected chi connectivity index (χ3v) is 22.1. The molecule has 5 aliphatic heterocycles. The zero-order chi connectivity index (χ0) is 46.8. The smallest absolute Gasteiger partial charge is 0.343 e. The maximum atomic E-state index is 15.5. The number of aromatic nitrogens is 1. The number of hydrogen-bond donors (Lipinski definition) is 1. The van der Waals surface area contributed by atoms with Gasteiger partial charge in [-0.2, -0.15) is 0 Å². The van der Waals surface area contributed by atoms with Gasteiger partial charge in [0, 0.05) is 94.5 Å². The lowest BCUT2D eigenvalue weighted by Crippen LogP contribution is -2.83. The summed E-state index contributed by atoms with van der Waals surface area (Å²) in [6.45, 7) is 20.3. The lowest BCUT2D eigenvalue weighted by atomic mass is 9.47. The fourth-order valence-corrected chi connectivity index (χ4v) is 15.5. The molecular weight excluding hydrogens is 952 g/mol. The minimum Gasteiger partial charge on any atom is -0.496 e. The van der Waals surface area contributed by atoms with E-state index in [0.29, 0.717) is 38.1 Å². The van der Waals surface area contributed by atoms with Crippen LogP contribution in [-0.2, 0) is 50.4 Å². The van der Waals surface area contributed by atoms with Crippen molar-refractivity contribution in [3.05, 3.63) is 80.1 Å². The summed E-state index contributed by atoms with van der Waals surface area (Å²) >= 11 is 2.38. The molecule has 0 radical (unpaired) electrons. The molecule has 1 aliphatic carbocycles. The van der Waals surface area contributed by atoms with Crippen molar-refractivity contribution in [1.82, 2.24) is 14.8 Å². The number of likely N-dealkylation sites (N-methyl/N-ethyl adjacent to an activating group) is 1. The maximum Gasteiger partial charge on any atom is 0.343 e. The second-order valence-electron chi connectivity index (χ2n) is 21.2. The number of hydrogen-bond acceptors (Lipinski definition) is 11. The molecule has 1 saturated carbocycles. The lowest BCUT2D eigenvalue weighted by molar-refractivity contribution is -0.224. The summed E-state index contributed by atoms with van der Waals surface area (Å²) in [4.78, 5) is 55.7. The van der Waals surface area contributed by atoms with Gasteiger partial charge >= 0.3 is 17.9 Å². The van der Waals surface area contributed by atoms with Crippen LogP contribution in [0, 0.1) is 14.9 Å². The number of esters is 3. The third-order valence-electron chi connectivity index (χ3n) is 17.0. The van der Waals surface area contributed by atoms with Gasteiger partial charge in [0.25, 0.3) is 0 Å². The number of carbonyl (C=O) groups is 3. The first-order valence-corrected chi connectivity index (χ1v) is 27.4. The molecule has 65 heavy (non-hydrogen) atoms. The van der Waals surface area contributed by atoms with Gasteiger partial charge < -0.3 is 33.3 Å². The van der Waals surface area contributed by atoms with E-state index < -0.39 is 54.2 Å². The molecule has 3 aromatic rings. The number of nitrogens with one attached hydrogen (secondary N) is 1. The predicted molar refractivity (Wildman–Crippen MR) is 263 cm³/mol. The van der Waals surface area contributed by atoms with Crippen LogP contribution in [-0.4, -0.2) is 119 Å². The van der Waals surface area contributed by atoms with Gasteiger partial charge in [-0.15, -0.1) is 0 Å². The zero-order valence-electron chi connectivity index (χ0n) is 40.3. The van der Waals surface area contributed by atoms with Crippen molar-refractivity contribution in [2.75, 3.05) is 59.5 Å². The Morgan fingerprint density at radius 2 is 1.72 bits per heavy atom. The van der Waals surface area contributed by atoms with E-state index in [4.69, 9.17) is 23.4 Å². The van der Waals surface area contributed by atoms with E-state index in [1.165, 1.54) is 26.7 Å². The van der Waals surface area contributed by atoms with Crippen molar-refractivity contribution < 1.29 is 37.8 Å². The van der Waals surface area contributed by atoms with E-state index in [0.717, 1.165) is 68.6 Å². The molecule has 6 aliphatic rings. The Morgan fingerprint density at radius 3 is 2.37 bits per heavy atom. The molecule has 2 fully saturated rings. The highest BCUT2D eigenvalue weighted by Gasteiger charge is 2.82. The van der Waals surface area contributed by atoms with Gasteiger partial charge in [-0.25, -0.2) is 4.79 Å². The van der Waals surface area contributed by atoms with Gasteiger partial charge in [-0.3, -0.25) is 19.4 Å². The van der Waals surface area contributed by atoms with Gasteiger partial charge in [-0.1, -0.05) is 58.4 Å². The molecule has 9 atom stereocenters. The summed E-state index contributed by atoms with van der Waals surface area (Å²) in [5.41, 5.74) is 2.09. The highest BCUT2D eigenvalue weighted by molar-refractivity contribution is 14.1. The van der Waals surface area contributed by atoms with Crippen LogP contribution in [0.2, 0.25) is 18.1 Å². The molecule has 1 aromatic heterocycles. The molecule has 1 N–H and O–H groups in total. The van der Waals surface area contributed by atoms with Crippen LogP contribution in [0.3, 0.4) is 0 Å².